The zero-order chi connectivity index (χ0) is 13.7. The highest BCUT2D eigenvalue weighted by Gasteiger charge is 2.16. The van der Waals surface area contributed by atoms with Gasteiger partial charge in [0.1, 0.15) is 18.9 Å². The Kier molecular flexibility index (Phi) is 3.90. The lowest BCUT2D eigenvalue weighted by atomic mass is 10.1. The molecule has 2 rings (SSSR count). The first-order valence-electron chi connectivity index (χ1n) is 5.50. The predicted octanol–water partition coefficient (Wildman–Crippen LogP) is 2.28. The normalized spacial score (nSPS) is 13.4. The van der Waals surface area contributed by atoms with E-state index in [0.29, 0.717) is 30.3 Å². The number of benzene rings is 1. The van der Waals surface area contributed by atoms with Crippen molar-refractivity contribution < 1.29 is 19.0 Å². The molecule has 1 aliphatic heterocycles. The van der Waals surface area contributed by atoms with Crippen LogP contribution in [0, 0.1) is 0 Å². The van der Waals surface area contributed by atoms with Crippen LogP contribution >= 0.6 is 0 Å². The SMILES string of the molecule is COC(=O)/C(=C/c1cccc2c1OCCO2)N=[N+]=[N-]. The van der Waals surface area contributed by atoms with E-state index in [9.17, 15) is 4.79 Å². The van der Waals surface area contributed by atoms with E-state index in [2.05, 4.69) is 14.8 Å². The number of hydrogen-bond donors (Lipinski definition) is 0. The lowest BCUT2D eigenvalue weighted by Gasteiger charge is -2.19. The molecule has 0 fully saturated rings. The fourth-order valence-corrected chi connectivity index (χ4v) is 1.64. The predicted molar refractivity (Wildman–Crippen MR) is 66.6 cm³/mol. The highest BCUT2D eigenvalue weighted by atomic mass is 16.6. The van der Waals surface area contributed by atoms with Gasteiger partial charge in [0.25, 0.3) is 0 Å². The van der Waals surface area contributed by atoms with Gasteiger partial charge in [0.2, 0.25) is 0 Å². The van der Waals surface area contributed by atoms with E-state index in [1.807, 2.05) is 0 Å². The number of esters is 1. The summed E-state index contributed by atoms with van der Waals surface area (Å²) in [4.78, 5) is 14.0. The van der Waals surface area contributed by atoms with Crippen molar-refractivity contribution in [2.75, 3.05) is 20.3 Å². The Morgan fingerprint density at radius 1 is 1.47 bits per heavy atom. The van der Waals surface area contributed by atoms with Gasteiger partial charge >= 0.3 is 5.97 Å². The Balaban J connectivity index is 2.45. The highest BCUT2D eigenvalue weighted by Crippen LogP contribution is 2.34. The molecule has 0 aromatic heterocycles. The molecule has 1 heterocycles. The van der Waals surface area contributed by atoms with E-state index in [1.54, 1.807) is 18.2 Å². The molecule has 0 radical (unpaired) electrons. The number of ether oxygens (including phenoxy) is 3. The van der Waals surface area contributed by atoms with Crippen molar-refractivity contribution in [1.29, 1.82) is 0 Å². The van der Waals surface area contributed by atoms with Crippen LogP contribution in [0.25, 0.3) is 16.5 Å². The van der Waals surface area contributed by atoms with Gasteiger partial charge in [0, 0.05) is 10.5 Å². The van der Waals surface area contributed by atoms with E-state index in [0.717, 1.165) is 0 Å². The Hall–Kier alpha value is -2.66. The molecule has 0 saturated carbocycles. The number of rotatable bonds is 3. The maximum Gasteiger partial charge on any atom is 0.340 e. The number of azide groups is 1. The molecule has 0 unspecified atom stereocenters. The summed E-state index contributed by atoms with van der Waals surface area (Å²) in [6.07, 6.45) is 1.40. The van der Waals surface area contributed by atoms with Crippen LogP contribution in [-0.4, -0.2) is 26.3 Å². The van der Waals surface area contributed by atoms with E-state index < -0.39 is 5.97 Å². The second-order valence-corrected chi connectivity index (χ2v) is 3.58. The average molecular weight is 261 g/mol. The summed E-state index contributed by atoms with van der Waals surface area (Å²) in [6.45, 7) is 0.896. The molecular formula is C12H11N3O4. The smallest absolute Gasteiger partial charge is 0.340 e. The quantitative estimate of drug-likeness (QED) is 0.274. The van der Waals surface area contributed by atoms with Crippen LogP contribution in [0.4, 0.5) is 0 Å². The molecule has 1 aromatic carbocycles. The Morgan fingerprint density at radius 3 is 3.00 bits per heavy atom. The fourth-order valence-electron chi connectivity index (χ4n) is 1.64. The van der Waals surface area contributed by atoms with Crippen molar-refractivity contribution in [2.45, 2.75) is 0 Å². The molecule has 1 aliphatic rings. The topological polar surface area (TPSA) is 93.5 Å². The summed E-state index contributed by atoms with van der Waals surface area (Å²) in [5.74, 6) is 0.389. The Labute approximate surface area is 109 Å². The Bertz CT molecular complexity index is 576. The number of nitrogens with zero attached hydrogens (tertiary/aromatic N) is 3. The van der Waals surface area contributed by atoms with Gasteiger partial charge in [-0.25, -0.2) is 4.79 Å². The monoisotopic (exact) mass is 261 g/mol. The van der Waals surface area contributed by atoms with Gasteiger partial charge in [-0.2, -0.15) is 0 Å². The largest absolute Gasteiger partial charge is 0.486 e. The van der Waals surface area contributed by atoms with E-state index in [4.69, 9.17) is 15.0 Å². The summed E-state index contributed by atoms with van der Waals surface area (Å²) in [5, 5.41) is 3.31. The van der Waals surface area contributed by atoms with Crippen molar-refractivity contribution in [2.24, 2.45) is 5.11 Å². The second kappa shape index (κ2) is 5.79. The third-order valence-corrected chi connectivity index (χ3v) is 2.44. The van der Waals surface area contributed by atoms with Gasteiger partial charge in [-0.3, -0.25) is 0 Å². The van der Waals surface area contributed by atoms with Crippen molar-refractivity contribution in [1.82, 2.24) is 0 Å². The number of para-hydroxylation sites is 1. The minimum atomic E-state index is -0.716. The molecule has 0 amide bonds. The second-order valence-electron chi connectivity index (χ2n) is 3.58. The van der Waals surface area contributed by atoms with Crippen molar-refractivity contribution >= 4 is 12.0 Å². The summed E-state index contributed by atoms with van der Waals surface area (Å²) >= 11 is 0. The fraction of sp³-hybridized carbons (Fsp3) is 0.250. The van der Waals surface area contributed by atoms with Gasteiger partial charge in [0.15, 0.2) is 11.5 Å². The van der Waals surface area contributed by atoms with Crippen LogP contribution in [0.5, 0.6) is 11.5 Å². The molecule has 0 bridgehead atoms. The number of fused-ring (bicyclic) bond motifs is 1. The minimum Gasteiger partial charge on any atom is -0.486 e. The van der Waals surface area contributed by atoms with Crippen LogP contribution in [0.2, 0.25) is 0 Å². The lowest BCUT2D eigenvalue weighted by Crippen LogP contribution is -2.16. The van der Waals surface area contributed by atoms with Crippen molar-refractivity contribution in [3.05, 3.63) is 39.9 Å². The molecule has 19 heavy (non-hydrogen) atoms. The lowest BCUT2D eigenvalue weighted by molar-refractivity contribution is -0.136. The summed E-state index contributed by atoms with van der Waals surface area (Å²) in [5.41, 5.74) is 8.89. The molecule has 7 nitrogen and oxygen atoms in total. The molecule has 7 heteroatoms. The third kappa shape index (κ3) is 2.78. The number of methoxy groups -OCH3 is 1. The highest BCUT2D eigenvalue weighted by molar-refractivity contribution is 5.93. The van der Waals surface area contributed by atoms with E-state index in [1.165, 1.54) is 13.2 Å². The van der Waals surface area contributed by atoms with Crippen LogP contribution in [-0.2, 0) is 9.53 Å². The molecule has 0 N–H and O–H groups in total. The zero-order valence-corrected chi connectivity index (χ0v) is 10.2. The zero-order valence-electron chi connectivity index (χ0n) is 10.2. The van der Waals surface area contributed by atoms with Crippen LogP contribution in [0.1, 0.15) is 5.56 Å². The standard InChI is InChI=1S/C12H11N3O4/c1-17-12(16)9(14-15-13)7-8-3-2-4-10-11(8)19-6-5-18-10/h2-4,7H,5-6H2,1H3/b9-7-. The molecular weight excluding hydrogens is 250 g/mol. The first-order chi connectivity index (χ1) is 9.26. The number of carbonyl (C=O) groups excluding carboxylic acids is 1. The average Bonchev–Trinajstić information content (AvgIpc) is 2.46. The first-order valence-corrected chi connectivity index (χ1v) is 5.50. The maximum atomic E-state index is 11.4. The molecule has 0 atom stereocenters. The molecule has 1 aromatic rings. The van der Waals surface area contributed by atoms with Gasteiger partial charge in [0.05, 0.1) is 7.11 Å². The molecule has 98 valence electrons. The molecule has 0 saturated heterocycles. The van der Waals surface area contributed by atoms with Crippen LogP contribution < -0.4 is 9.47 Å². The number of carbonyl (C=O) groups is 1. The van der Waals surface area contributed by atoms with Gasteiger partial charge in [-0.1, -0.05) is 17.2 Å². The van der Waals surface area contributed by atoms with Gasteiger partial charge in [-0.15, -0.1) is 0 Å². The summed E-state index contributed by atoms with van der Waals surface area (Å²) < 4.78 is 15.4. The molecule has 0 aliphatic carbocycles. The van der Waals surface area contributed by atoms with Crippen molar-refractivity contribution in [3.63, 3.8) is 0 Å². The van der Waals surface area contributed by atoms with Gasteiger partial charge in [-0.05, 0) is 17.7 Å². The van der Waals surface area contributed by atoms with Crippen LogP contribution in [0.3, 0.4) is 0 Å². The minimum absolute atomic E-state index is 0.146. The molecule has 0 spiro atoms. The van der Waals surface area contributed by atoms with E-state index in [-0.39, 0.29) is 5.70 Å². The third-order valence-electron chi connectivity index (χ3n) is 2.44. The van der Waals surface area contributed by atoms with Crippen LogP contribution in [0.15, 0.2) is 29.0 Å². The van der Waals surface area contributed by atoms with Crippen molar-refractivity contribution in [3.8, 4) is 11.5 Å². The Morgan fingerprint density at radius 2 is 2.26 bits per heavy atom. The summed E-state index contributed by atoms with van der Waals surface area (Å²) in [6, 6.07) is 5.24. The van der Waals surface area contributed by atoms with E-state index >= 15 is 0 Å². The first kappa shape index (κ1) is 12.8. The maximum absolute atomic E-state index is 11.4. The van der Waals surface area contributed by atoms with Gasteiger partial charge < -0.3 is 14.2 Å². The number of hydrogen-bond acceptors (Lipinski definition) is 5. The summed E-state index contributed by atoms with van der Waals surface area (Å²) in [7, 11) is 1.21.